The van der Waals surface area contributed by atoms with Gasteiger partial charge in [-0.25, -0.2) is 13.1 Å². The van der Waals surface area contributed by atoms with Crippen molar-refractivity contribution in [2.24, 2.45) is 0 Å². The summed E-state index contributed by atoms with van der Waals surface area (Å²) in [6.07, 6.45) is 0.450. The Hall–Kier alpha value is -2.42. The minimum absolute atomic E-state index is 0.000354. The molecule has 0 unspecified atom stereocenters. The maximum absolute atomic E-state index is 12.4. The molecule has 0 aliphatic heterocycles. The second-order valence-corrected chi connectivity index (χ2v) is 7.65. The van der Waals surface area contributed by atoms with Crippen molar-refractivity contribution in [1.29, 1.82) is 0 Å². The molecule has 1 N–H and O–H groups in total. The van der Waals surface area contributed by atoms with E-state index in [-0.39, 0.29) is 30.1 Å². The number of nitrogens with zero attached hydrogens (tertiary/aromatic N) is 1. The molecular weight excluding hydrogens is 360 g/mol. The summed E-state index contributed by atoms with van der Waals surface area (Å²) < 4.78 is 31.6. The molecule has 1 aromatic rings. The summed E-state index contributed by atoms with van der Waals surface area (Å²) in [5.74, 6) is -2.13. The van der Waals surface area contributed by atoms with E-state index in [9.17, 15) is 22.8 Å². The number of carbonyl (C=O) groups excluding carboxylic acids is 3. The molecule has 0 radical (unpaired) electrons. The molecule has 0 aliphatic rings. The van der Waals surface area contributed by atoms with Crippen LogP contribution in [0.15, 0.2) is 24.3 Å². The van der Waals surface area contributed by atoms with E-state index in [2.05, 4.69) is 0 Å². The Balaban J connectivity index is 3.05. The molecule has 0 heterocycles. The predicted octanol–water partition coefficient (Wildman–Crippen LogP) is 1.18. The summed E-state index contributed by atoms with van der Waals surface area (Å²) >= 11 is 0. The van der Waals surface area contributed by atoms with Crippen molar-refractivity contribution in [3.63, 3.8) is 0 Å². The molecule has 144 valence electrons. The van der Waals surface area contributed by atoms with Gasteiger partial charge in [-0.2, -0.15) is 0 Å². The molecule has 8 nitrogen and oxygen atoms in total. The number of sulfonamides is 1. The van der Waals surface area contributed by atoms with Gasteiger partial charge in [-0.05, 0) is 31.5 Å². The van der Waals surface area contributed by atoms with Crippen LogP contribution >= 0.6 is 0 Å². The van der Waals surface area contributed by atoms with Crippen molar-refractivity contribution in [1.82, 2.24) is 9.62 Å². The zero-order valence-electron chi connectivity index (χ0n) is 15.3. The van der Waals surface area contributed by atoms with E-state index >= 15 is 0 Å². The topological polar surface area (TPSA) is 110 Å². The molecule has 1 atom stereocenters. The maximum Gasteiger partial charge on any atom is 0.326 e. The number of nitrogens with one attached hydrogen (secondary N) is 1. The smallest absolute Gasteiger partial charge is 0.326 e. The lowest BCUT2D eigenvalue weighted by Crippen LogP contribution is -2.43. The van der Waals surface area contributed by atoms with E-state index in [1.165, 1.54) is 29.2 Å². The molecule has 1 aromatic carbocycles. The number of amides is 2. The maximum atomic E-state index is 12.4. The second-order valence-electron chi connectivity index (χ2n) is 5.79. The number of carbonyl (C=O) groups is 3. The number of rotatable bonds is 8. The molecule has 9 heteroatoms. The number of esters is 1. The fraction of sp³-hybridized carbons (Fsp3) is 0.471. The lowest BCUT2D eigenvalue weighted by molar-refractivity contribution is -0.142. The van der Waals surface area contributed by atoms with Gasteiger partial charge in [0.15, 0.2) is 5.25 Å². The van der Waals surface area contributed by atoms with Gasteiger partial charge >= 0.3 is 5.97 Å². The molecule has 0 bridgehead atoms. The number of ether oxygens (including phenoxy) is 1. The van der Waals surface area contributed by atoms with Gasteiger partial charge in [0.05, 0.1) is 6.61 Å². The lowest BCUT2D eigenvalue weighted by Gasteiger charge is -2.16. The van der Waals surface area contributed by atoms with Crippen molar-refractivity contribution < 1.29 is 27.5 Å². The Kier molecular flexibility index (Phi) is 7.76. The van der Waals surface area contributed by atoms with Crippen molar-refractivity contribution in [2.75, 3.05) is 20.7 Å². The van der Waals surface area contributed by atoms with Crippen molar-refractivity contribution in [3.05, 3.63) is 35.4 Å². The Labute approximate surface area is 153 Å². The van der Waals surface area contributed by atoms with Crippen molar-refractivity contribution in [2.45, 2.75) is 31.9 Å². The molecule has 0 saturated heterocycles. The molecule has 0 aliphatic carbocycles. The highest BCUT2D eigenvalue weighted by atomic mass is 32.2. The normalized spacial score (nSPS) is 12.2. The zero-order chi connectivity index (χ0) is 19.9. The summed E-state index contributed by atoms with van der Waals surface area (Å²) in [7, 11) is -1.14. The van der Waals surface area contributed by atoms with Crippen LogP contribution in [0, 0.1) is 0 Å². The Morgan fingerprint density at radius 3 is 2.31 bits per heavy atom. The highest BCUT2D eigenvalue weighted by Crippen LogP contribution is 2.12. The minimum atomic E-state index is -4.27. The quantitative estimate of drug-likeness (QED) is 0.674. The largest absolute Gasteiger partial charge is 0.465 e. The molecule has 2 amide bonds. The molecule has 0 aromatic heterocycles. The highest BCUT2D eigenvalue weighted by Gasteiger charge is 2.34. The first-order chi connectivity index (χ1) is 12.1. The molecule has 0 saturated carbocycles. The van der Waals surface area contributed by atoms with E-state index < -0.39 is 27.1 Å². The highest BCUT2D eigenvalue weighted by molar-refractivity contribution is 7.91. The van der Waals surface area contributed by atoms with E-state index in [0.717, 1.165) is 0 Å². The summed E-state index contributed by atoms with van der Waals surface area (Å²) in [5.41, 5.74) is 0.246. The molecule has 1 rings (SSSR count). The van der Waals surface area contributed by atoms with E-state index in [4.69, 9.17) is 4.74 Å². The van der Waals surface area contributed by atoms with E-state index in [1.807, 2.05) is 4.72 Å². The average Bonchev–Trinajstić information content (AvgIpc) is 2.58. The zero-order valence-corrected chi connectivity index (χ0v) is 16.1. The fourth-order valence-corrected chi connectivity index (χ4v) is 3.59. The Morgan fingerprint density at radius 2 is 1.77 bits per heavy atom. The van der Waals surface area contributed by atoms with Gasteiger partial charge in [0.1, 0.15) is 0 Å². The van der Waals surface area contributed by atoms with Gasteiger partial charge in [-0.3, -0.25) is 14.4 Å². The van der Waals surface area contributed by atoms with Crippen LogP contribution in [-0.4, -0.2) is 57.1 Å². The van der Waals surface area contributed by atoms with Gasteiger partial charge < -0.3 is 9.64 Å². The van der Waals surface area contributed by atoms with E-state index in [1.54, 1.807) is 27.9 Å². The van der Waals surface area contributed by atoms with E-state index in [0.29, 0.717) is 6.42 Å². The van der Waals surface area contributed by atoms with Crippen LogP contribution in [0.25, 0.3) is 0 Å². The average molecular weight is 384 g/mol. The summed E-state index contributed by atoms with van der Waals surface area (Å²) in [4.78, 5) is 37.6. The van der Waals surface area contributed by atoms with Gasteiger partial charge in [-0.1, -0.05) is 19.4 Å². The van der Waals surface area contributed by atoms with Crippen molar-refractivity contribution in [3.8, 4) is 0 Å². The molecule has 26 heavy (non-hydrogen) atoms. The first-order valence-electron chi connectivity index (χ1n) is 8.18. The third-order valence-electron chi connectivity index (χ3n) is 3.49. The fourth-order valence-electron chi connectivity index (χ4n) is 2.21. The molecule has 0 fully saturated rings. The van der Waals surface area contributed by atoms with Gasteiger partial charge in [-0.15, -0.1) is 0 Å². The van der Waals surface area contributed by atoms with Crippen LogP contribution in [0.4, 0.5) is 0 Å². The van der Waals surface area contributed by atoms with Crippen LogP contribution in [0.5, 0.6) is 0 Å². The summed E-state index contributed by atoms with van der Waals surface area (Å²) in [6.45, 7) is 3.33. The van der Waals surface area contributed by atoms with Crippen LogP contribution in [-0.2, 0) is 19.6 Å². The SMILES string of the molecule is CCC[C@@H](C(=O)OCC)S(=O)(=O)NC(=O)c1cccc(C(=O)N(C)C)c1. The standard InChI is InChI=1S/C17H24N2O6S/c1-5-8-14(17(22)25-6-2)26(23,24)18-15(20)12-9-7-10-13(11-12)16(21)19(3)4/h7,9-11,14H,5-6,8H2,1-4H3,(H,18,20)/t14-/m0/s1. The summed E-state index contributed by atoms with van der Waals surface area (Å²) in [6, 6.07) is 5.68. The van der Waals surface area contributed by atoms with Crippen LogP contribution in [0.3, 0.4) is 0 Å². The van der Waals surface area contributed by atoms with Crippen LogP contribution in [0.2, 0.25) is 0 Å². The van der Waals surface area contributed by atoms with Gasteiger partial charge in [0.25, 0.3) is 11.8 Å². The lowest BCUT2D eigenvalue weighted by atomic mass is 10.1. The monoisotopic (exact) mass is 384 g/mol. The first-order valence-corrected chi connectivity index (χ1v) is 9.73. The number of hydrogen-bond donors (Lipinski definition) is 1. The van der Waals surface area contributed by atoms with Crippen LogP contribution < -0.4 is 4.72 Å². The molecular formula is C17H24N2O6S. The Morgan fingerprint density at radius 1 is 1.15 bits per heavy atom. The second kappa shape index (κ2) is 9.33. The van der Waals surface area contributed by atoms with Gasteiger partial charge in [0.2, 0.25) is 10.0 Å². The number of hydrogen-bond acceptors (Lipinski definition) is 6. The predicted molar refractivity (Wildman–Crippen MR) is 96.2 cm³/mol. The first kappa shape index (κ1) is 21.6. The number of benzene rings is 1. The molecule has 0 spiro atoms. The minimum Gasteiger partial charge on any atom is -0.465 e. The third-order valence-corrected chi connectivity index (χ3v) is 5.13. The van der Waals surface area contributed by atoms with Gasteiger partial charge in [0, 0.05) is 25.2 Å². The third kappa shape index (κ3) is 5.55. The van der Waals surface area contributed by atoms with Crippen LogP contribution in [0.1, 0.15) is 47.4 Å². The van der Waals surface area contributed by atoms with Crippen molar-refractivity contribution >= 4 is 27.8 Å². The summed E-state index contributed by atoms with van der Waals surface area (Å²) in [5, 5.41) is -1.47. The Bertz CT molecular complexity index is 773.